The van der Waals surface area contributed by atoms with Gasteiger partial charge in [0.1, 0.15) is 4.70 Å². The summed E-state index contributed by atoms with van der Waals surface area (Å²) in [7, 11) is 0. The van der Waals surface area contributed by atoms with Crippen molar-refractivity contribution in [2.45, 2.75) is 12.0 Å². The zero-order chi connectivity index (χ0) is 18.3. The van der Waals surface area contributed by atoms with E-state index in [-0.39, 0.29) is 12.1 Å². The van der Waals surface area contributed by atoms with Crippen molar-refractivity contribution in [2.75, 3.05) is 6.54 Å². The Kier molecular flexibility index (Phi) is 3.72. The summed E-state index contributed by atoms with van der Waals surface area (Å²) < 4.78 is 2.14. The monoisotopic (exact) mass is 367 g/mol. The molecule has 1 aliphatic heterocycles. The van der Waals surface area contributed by atoms with Crippen LogP contribution >= 0.6 is 11.3 Å². The van der Waals surface area contributed by atoms with Gasteiger partial charge in [-0.25, -0.2) is 9.67 Å². The Morgan fingerprint density at radius 3 is 3.04 bits per heavy atom. The quantitative estimate of drug-likeness (QED) is 0.558. The lowest BCUT2D eigenvalue weighted by Crippen LogP contribution is -2.36. The van der Waals surface area contributed by atoms with Crippen molar-refractivity contribution in [1.82, 2.24) is 20.1 Å². The lowest BCUT2D eigenvalue weighted by Gasteiger charge is -2.09. The molecule has 1 fully saturated rings. The molecular weight excluding hydrogens is 354 g/mol. The summed E-state index contributed by atoms with van der Waals surface area (Å²) in [6.45, 7) is 0.398. The number of carbonyl (C=O) groups excluding carboxylic acids is 2. The molecule has 0 saturated carbocycles. The van der Waals surface area contributed by atoms with Crippen molar-refractivity contribution < 1.29 is 14.7 Å². The summed E-state index contributed by atoms with van der Waals surface area (Å²) in [4.78, 5) is 27.5. The van der Waals surface area contributed by atoms with Crippen LogP contribution in [0, 0.1) is 11.8 Å². The summed E-state index contributed by atoms with van der Waals surface area (Å²) >= 11 is 1.29. The van der Waals surface area contributed by atoms with E-state index in [4.69, 9.17) is 5.73 Å². The third-order valence-corrected chi connectivity index (χ3v) is 4.87. The molecule has 1 atom stereocenters. The normalized spacial score (nSPS) is 19.2. The van der Waals surface area contributed by atoms with Crippen LogP contribution in [-0.4, -0.2) is 43.8 Å². The van der Waals surface area contributed by atoms with Gasteiger partial charge < -0.3 is 16.2 Å². The number of carbonyl (C=O) groups is 2. The van der Waals surface area contributed by atoms with Crippen molar-refractivity contribution in [2.24, 2.45) is 5.73 Å². The molecule has 0 spiro atoms. The Morgan fingerprint density at radius 2 is 2.31 bits per heavy atom. The molecule has 1 aromatic carbocycles. The molecule has 2 aromatic heterocycles. The van der Waals surface area contributed by atoms with Crippen LogP contribution in [0.4, 0.5) is 0 Å². The van der Waals surface area contributed by atoms with Crippen LogP contribution in [0.5, 0.6) is 0 Å². The predicted octanol–water partition coefficient (Wildman–Crippen LogP) is 0.183. The maximum absolute atomic E-state index is 11.7. The number of hydrogen-bond donors (Lipinski definition) is 3. The van der Waals surface area contributed by atoms with E-state index in [2.05, 4.69) is 27.2 Å². The lowest BCUT2D eigenvalue weighted by molar-refractivity contribution is -0.130. The molecule has 1 aliphatic rings. The Morgan fingerprint density at radius 1 is 1.46 bits per heavy atom. The Labute approximate surface area is 151 Å². The molecule has 2 amide bonds. The Balaban J connectivity index is 1.75. The lowest BCUT2D eigenvalue weighted by atomic mass is 10.0. The Hall–Kier alpha value is -3.22. The number of aliphatic hydroxyl groups is 1. The molecule has 0 aliphatic carbocycles. The molecule has 26 heavy (non-hydrogen) atoms. The van der Waals surface area contributed by atoms with Crippen LogP contribution in [0.1, 0.15) is 22.5 Å². The number of benzene rings is 1. The first-order valence-electron chi connectivity index (χ1n) is 7.74. The average Bonchev–Trinajstić information content (AvgIpc) is 3.30. The van der Waals surface area contributed by atoms with Crippen LogP contribution in [-0.2, 0) is 4.79 Å². The van der Waals surface area contributed by atoms with Gasteiger partial charge in [0.2, 0.25) is 5.60 Å². The second kappa shape index (κ2) is 5.94. The van der Waals surface area contributed by atoms with Crippen LogP contribution < -0.4 is 11.1 Å². The van der Waals surface area contributed by atoms with Gasteiger partial charge in [0.15, 0.2) is 11.3 Å². The summed E-state index contributed by atoms with van der Waals surface area (Å²) in [5, 5.41) is 17.0. The zero-order valence-corrected chi connectivity index (χ0v) is 14.2. The fourth-order valence-corrected chi connectivity index (χ4v) is 3.47. The maximum atomic E-state index is 11.7. The highest BCUT2D eigenvalue weighted by Crippen LogP contribution is 2.25. The number of rotatable bonds is 2. The minimum Gasteiger partial charge on any atom is -0.369 e. The second-order valence-corrected chi connectivity index (χ2v) is 6.65. The first kappa shape index (κ1) is 16.3. The maximum Gasteiger partial charge on any atom is 0.270 e. The Bertz CT molecular complexity index is 1110. The fraction of sp³-hybridized carbons (Fsp3) is 0.176. The van der Waals surface area contributed by atoms with E-state index in [0.717, 1.165) is 0 Å². The molecule has 3 aromatic rings. The molecule has 4 N–H and O–H groups in total. The number of nitrogens with zero attached hydrogens (tertiary/aromatic N) is 3. The first-order chi connectivity index (χ1) is 12.5. The zero-order valence-electron chi connectivity index (χ0n) is 13.4. The molecular formula is C17H13N5O3S. The van der Waals surface area contributed by atoms with Gasteiger partial charge in [-0.2, -0.15) is 5.10 Å². The van der Waals surface area contributed by atoms with Gasteiger partial charge in [-0.3, -0.25) is 9.59 Å². The van der Waals surface area contributed by atoms with E-state index in [9.17, 15) is 14.7 Å². The molecule has 0 radical (unpaired) electrons. The van der Waals surface area contributed by atoms with Crippen LogP contribution in [0.3, 0.4) is 0 Å². The summed E-state index contributed by atoms with van der Waals surface area (Å²) in [6, 6.07) is 7.05. The van der Waals surface area contributed by atoms with Gasteiger partial charge in [-0.15, -0.1) is 11.3 Å². The number of amides is 2. The van der Waals surface area contributed by atoms with Gasteiger partial charge in [0, 0.05) is 18.5 Å². The van der Waals surface area contributed by atoms with E-state index < -0.39 is 17.4 Å². The van der Waals surface area contributed by atoms with Crippen LogP contribution in [0.15, 0.2) is 29.8 Å². The number of fused-ring (bicyclic) bond motifs is 1. The number of thiazole rings is 1. The van der Waals surface area contributed by atoms with Gasteiger partial charge in [0.25, 0.3) is 11.8 Å². The van der Waals surface area contributed by atoms with E-state index in [1.807, 2.05) is 0 Å². The minimum atomic E-state index is -1.66. The van der Waals surface area contributed by atoms with E-state index >= 15 is 0 Å². The smallest absolute Gasteiger partial charge is 0.270 e. The minimum absolute atomic E-state index is 0.163. The predicted molar refractivity (Wildman–Crippen MR) is 94.7 cm³/mol. The van der Waals surface area contributed by atoms with E-state index in [1.54, 1.807) is 29.8 Å². The van der Waals surface area contributed by atoms with Crippen molar-refractivity contribution in [3.8, 4) is 17.5 Å². The summed E-state index contributed by atoms with van der Waals surface area (Å²) in [6.07, 6.45) is 0.249. The van der Waals surface area contributed by atoms with Crippen LogP contribution in [0.2, 0.25) is 0 Å². The standard InChI is InChI=1S/C17H13N5O3S/c18-14(23)12-13-15(20-9-26-13)22(21-12)11-3-1-2-10(8-11)4-5-17(25)6-7-19-16(17)24/h1-3,8-9,25H,6-7H2,(H2,18,23)(H,19,24)/t17-/m0/s1. The SMILES string of the molecule is NC(=O)c1nn(-c2cccc(C#C[C@]3(O)CCNC3=O)c2)c2ncsc12. The topological polar surface area (TPSA) is 123 Å². The molecule has 4 rings (SSSR count). The highest BCUT2D eigenvalue weighted by atomic mass is 32.1. The molecule has 0 unspecified atom stereocenters. The fourth-order valence-electron chi connectivity index (χ4n) is 2.71. The second-order valence-electron chi connectivity index (χ2n) is 5.80. The first-order valence-corrected chi connectivity index (χ1v) is 8.62. The van der Waals surface area contributed by atoms with Crippen molar-refractivity contribution in [3.05, 3.63) is 41.0 Å². The molecule has 9 heteroatoms. The highest BCUT2D eigenvalue weighted by Gasteiger charge is 2.38. The molecule has 0 bridgehead atoms. The third-order valence-electron chi connectivity index (χ3n) is 4.05. The van der Waals surface area contributed by atoms with Crippen molar-refractivity contribution >= 4 is 33.5 Å². The van der Waals surface area contributed by atoms with Gasteiger partial charge in [0.05, 0.1) is 11.2 Å². The largest absolute Gasteiger partial charge is 0.369 e. The number of primary amides is 1. The highest BCUT2D eigenvalue weighted by molar-refractivity contribution is 7.17. The number of nitrogens with one attached hydrogen (secondary N) is 1. The molecule has 8 nitrogen and oxygen atoms in total. The van der Waals surface area contributed by atoms with E-state index in [0.29, 0.717) is 28.1 Å². The number of nitrogens with two attached hydrogens (primary N) is 1. The van der Waals surface area contributed by atoms with E-state index in [1.165, 1.54) is 16.0 Å². The summed E-state index contributed by atoms with van der Waals surface area (Å²) in [5.41, 5.74) is 7.26. The van der Waals surface area contributed by atoms with Gasteiger partial charge in [-0.1, -0.05) is 17.9 Å². The van der Waals surface area contributed by atoms with Crippen LogP contribution in [0.25, 0.3) is 16.0 Å². The van der Waals surface area contributed by atoms with Gasteiger partial charge >= 0.3 is 0 Å². The summed E-state index contributed by atoms with van der Waals surface area (Å²) in [5.74, 6) is 4.36. The van der Waals surface area contributed by atoms with Crippen molar-refractivity contribution in [1.29, 1.82) is 0 Å². The molecule has 130 valence electrons. The molecule has 3 heterocycles. The number of hydrogen-bond acceptors (Lipinski definition) is 6. The average molecular weight is 367 g/mol. The number of aromatic nitrogens is 3. The molecule has 1 saturated heterocycles. The van der Waals surface area contributed by atoms with Crippen molar-refractivity contribution in [3.63, 3.8) is 0 Å². The third kappa shape index (κ3) is 2.61. The van der Waals surface area contributed by atoms with Gasteiger partial charge in [-0.05, 0) is 18.2 Å².